The van der Waals surface area contributed by atoms with Gasteiger partial charge in [0.25, 0.3) is 6.01 Å². The van der Waals surface area contributed by atoms with Crippen molar-refractivity contribution in [2.45, 2.75) is 40.2 Å². The van der Waals surface area contributed by atoms with Gasteiger partial charge in [-0.25, -0.2) is 0 Å². The van der Waals surface area contributed by atoms with Gasteiger partial charge in [-0.2, -0.15) is 4.98 Å². The number of anilines is 1. The van der Waals surface area contributed by atoms with Crippen molar-refractivity contribution < 1.29 is 4.42 Å². The van der Waals surface area contributed by atoms with E-state index in [-0.39, 0.29) is 0 Å². The van der Waals surface area contributed by atoms with E-state index in [0.29, 0.717) is 5.92 Å². The summed E-state index contributed by atoms with van der Waals surface area (Å²) < 4.78 is 5.58. The molecule has 4 nitrogen and oxygen atoms in total. The molecule has 1 fully saturated rings. The van der Waals surface area contributed by atoms with Gasteiger partial charge in [-0.1, -0.05) is 13.8 Å². The zero-order chi connectivity index (χ0) is 13.0. The molecule has 4 heteroatoms. The van der Waals surface area contributed by atoms with Crippen LogP contribution < -0.4 is 10.2 Å². The smallest absolute Gasteiger partial charge is 0.297 e. The maximum atomic E-state index is 5.58. The van der Waals surface area contributed by atoms with Gasteiger partial charge in [-0.15, -0.1) is 0 Å². The summed E-state index contributed by atoms with van der Waals surface area (Å²) >= 11 is 0. The van der Waals surface area contributed by atoms with Crippen molar-refractivity contribution >= 4 is 6.01 Å². The molecule has 0 amide bonds. The maximum Gasteiger partial charge on any atom is 0.297 e. The number of rotatable bonds is 8. The van der Waals surface area contributed by atoms with Gasteiger partial charge in [0.15, 0.2) is 0 Å². The molecule has 1 aliphatic rings. The average Bonchev–Trinajstić information content (AvgIpc) is 3.04. The summed E-state index contributed by atoms with van der Waals surface area (Å²) in [5.41, 5.74) is 1.000. The van der Waals surface area contributed by atoms with E-state index in [4.69, 9.17) is 4.42 Å². The molecule has 1 aliphatic carbocycles. The first kappa shape index (κ1) is 13.4. The first-order valence-electron chi connectivity index (χ1n) is 7.09. The van der Waals surface area contributed by atoms with Gasteiger partial charge in [0.2, 0.25) is 0 Å². The number of hydrogen-bond acceptors (Lipinski definition) is 4. The Balaban J connectivity index is 1.83. The molecule has 0 radical (unpaired) electrons. The van der Waals surface area contributed by atoms with Crippen molar-refractivity contribution in [3.8, 4) is 0 Å². The molecule has 18 heavy (non-hydrogen) atoms. The molecular formula is C14H25N3O. The van der Waals surface area contributed by atoms with Crippen molar-refractivity contribution in [1.29, 1.82) is 0 Å². The number of nitrogens with zero attached hydrogens (tertiary/aromatic N) is 2. The number of oxazole rings is 1. The Kier molecular flexibility index (Phi) is 4.64. The van der Waals surface area contributed by atoms with Crippen molar-refractivity contribution in [3.63, 3.8) is 0 Å². The summed E-state index contributed by atoms with van der Waals surface area (Å²) in [5.74, 6) is 1.53. The largest absolute Gasteiger partial charge is 0.432 e. The van der Waals surface area contributed by atoms with Crippen LogP contribution in [0, 0.1) is 11.8 Å². The molecule has 1 aromatic heterocycles. The lowest BCUT2D eigenvalue weighted by Crippen LogP contribution is -2.25. The topological polar surface area (TPSA) is 41.3 Å². The molecule has 0 aliphatic heterocycles. The summed E-state index contributed by atoms with van der Waals surface area (Å²) in [4.78, 5) is 6.80. The lowest BCUT2D eigenvalue weighted by molar-refractivity contribution is 0.525. The monoisotopic (exact) mass is 251 g/mol. The zero-order valence-electron chi connectivity index (χ0n) is 11.8. The summed E-state index contributed by atoms with van der Waals surface area (Å²) in [7, 11) is 0. The van der Waals surface area contributed by atoms with Crippen LogP contribution in [0.25, 0.3) is 0 Å². The van der Waals surface area contributed by atoms with Gasteiger partial charge >= 0.3 is 0 Å². The molecule has 0 aromatic carbocycles. The number of aromatic nitrogens is 1. The van der Waals surface area contributed by atoms with Crippen molar-refractivity contribution in [1.82, 2.24) is 10.3 Å². The van der Waals surface area contributed by atoms with E-state index in [1.54, 1.807) is 6.26 Å². The van der Waals surface area contributed by atoms with Gasteiger partial charge in [-0.05, 0) is 38.1 Å². The predicted molar refractivity (Wildman–Crippen MR) is 73.7 cm³/mol. The minimum absolute atomic E-state index is 0.665. The molecule has 1 N–H and O–H groups in total. The van der Waals surface area contributed by atoms with Crippen LogP contribution in [0.4, 0.5) is 6.01 Å². The van der Waals surface area contributed by atoms with Crippen LogP contribution in [-0.2, 0) is 6.54 Å². The third-order valence-electron chi connectivity index (χ3n) is 3.23. The average molecular weight is 251 g/mol. The van der Waals surface area contributed by atoms with Gasteiger partial charge < -0.3 is 14.6 Å². The van der Waals surface area contributed by atoms with E-state index in [2.05, 4.69) is 36.0 Å². The van der Waals surface area contributed by atoms with Gasteiger partial charge in [0.05, 0.1) is 5.69 Å². The van der Waals surface area contributed by atoms with Crippen molar-refractivity contribution in [2.75, 3.05) is 24.5 Å². The summed E-state index contributed by atoms with van der Waals surface area (Å²) in [6.07, 6.45) is 4.50. The van der Waals surface area contributed by atoms with E-state index in [9.17, 15) is 0 Å². The highest BCUT2D eigenvalue weighted by atomic mass is 16.4. The van der Waals surface area contributed by atoms with Crippen molar-refractivity contribution in [3.05, 3.63) is 12.0 Å². The molecule has 0 unspecified atom stereocenters. The molecule has 0 saturated heterocycles. The van der Waals surface area contributed by atoms with E-state index >= 15 is 0 Å². The molecule has 102 valence electrons. The molecule has 0 bridgehead atoms. The third-order valence-corrected chi connectivity index (χ3v) is 3.23. The van der Waals surface area contributed by atoms with Gasteiger partial charge in [-0.3, -0.25) is 0 Å². The predicted octanol–water partition coefficient (Wildman–Crippen LogP) is 2.66. The van der Waals surface area contributed by atoms with E-state index < -0.39 is 0 Å². The lowest BCUT2D eigenvalue weighted by Gasteiger charge is -2.17. The Morgan fingerprint density at radius 1 is 1.50 bits per heavy atom. The summed E-state index contributed by atoms with van der Waals surface area (Å²) in [5, 5.41) is 3.38. The molecule has 2 rings (SSSR count). The first-order valence-corrected chi connectivity index (χ1v) is 7.09. The van der Waals surface area contributed by atoms with Crippen LogP contribution in [0.5, 0.6) is 0 Å². The normalized spacial score (nSPS) is 15.3. The van der Waals surface area contributed by atoms with Crippen LogP contribution in [-0.4, -0.2) is 24.6 Å². The van der Waals surface area contributed by atoms with Crippen LogP contribution in [0.3, 0.4) is 0 Å². The zero-order valence-corrected chi connectivity index (χ0v) is 11.8. The molecular weight excluding hydrogens is 226 g/mol. The molecule has 1 heterocycles. The minimum atomic E-state index is 0.665. The molecule has 0 atom stereocenters. The fraction of sp³-hybridized carbons (Fsp3) is 0.786. The second kappa shape index (κ2) is 6.23. The quantitative estimate of drug-likeness (QED) is 0.771. The Morgan fingerprint density at radius 2 is 2.28 bits per heavy atom. The fourth-order valence-corrected chi connectivity index (χ4v) is 1.97. The van der Waals surface area contributed by atoms with Crippen molar-refractivity contribution in [2.24, 2.45) is 11.8 Å². The minimum Gasteiger partial charge on any atom is -0.432 e. The van der Waals surface area contributed by atoms with E-state index in [1.165, 1.54) is 12.8 Å². The highest BCUT2D eigenvalue weighted by molar-refractivity contribution is 5.27. The maximum absolute atomic E-state index is 5.58. The second-order valence-electron chi connectivity index (χ2n) is 5.63. The van der Waals surface area contributed by atoms with Crippen LogP contribution in [0.15, 0.2) is 10.7 Å². The Bertz CT molecular complexity index is 358. The standard InChI is InChI=1S/C14H25N3O/c1-4-17(9-12-5-6-12)14-16-13(10-18-14)8-15-7-11(2)3/h10-12,15H,4-9H2,1-3H3. The molecule has 0 spiro atoms. The molecule has 1 saturated carbocycles. The lowest BCUT2D eigenvalue weighted by atomic mass is 10.2. The van der Waals surface area contributed by atoms with Crippen LogP contribution in [0.2, 0.25) is 0 Å². The number of hydrogen-bond donors (Lipinski definition) is 1. The molecule has 1 aromatic rings. The highest BCUT2D eigenvalue weighted by Gasteiger charge is 2.25. The Morgan fingerprint density at radius 3 is 2.89 bits per heavy atom. The van der Waals surface area contributed by atoms with Gasteiger partial charge in [0, 0.05) is 19.6 Å². The van der Waals surface area contributed by atoms with E-state index in [1.807, 2.05) is 0 Å². The Hall–Kier alpha value is -1.03. The SMILES string of the molecule is CCN(CC1CC1)c1nc(CNCC(C)C)co1. The summed E-state index contributed by atoms with van der Waals surface area (Å²) in [6, 6.07) is 0.783. The van der Waals surface area contributed by atoms with Gasteiger partial charge in [0.1, 0.15) is 6.26 Å². The third kappa shape index (κ3) is 4.02. The summed E-state index contributed by atoms with van der Waals surface area (Å²) in [6.45, 7) is 10.4. The highest BCUT2D eigenvalue weighted by Crippen LogP contribution is 2.31. The Labute approximate surface area is 110 Å². The fourth-order valence-electron chi connectivity index (χ4n) is 1.97. The number of nitrogens with one attached hydrogen (secondary N) is 1. The first-order chi connectivity index (χ1) is 8.69. The van der Waals surface area contributed by atoms with E-state index in [0.717, 1.165) is 43.8 Å². The van der Waals surface area contributed by atoms with Crippen LogP contribution in [0.1, 0.15) is 39.3 Å². The van der Waals surface area contributed by atoms with Crippen LogP contribution >= 0.6 is 0 Å². The second-order valence-corrected chi connectivity index (χ2v) is 5.63.